The Morgan fingerprint density at radius 2 is 1.77 bits per heavy atom. The van der Waals surface area contributed by atoms with Crippen molar-refractivity contribution in [2.75, 3.05) is 26.3 Å². The highest BCUT2D eigenvalue weighted by molar-refractivity contribution is 5.94. The van der Waals surface area contributed by atoms with Gasteiger partial charge in [0.2, 0.25) is 5.88 Å². The summed E-state index contributed by atoms with van der Waals surface area (Å²) >= 11 is 0. The first-order chi connectivity index (χ1) is 14.2. The lowest BCUT2D eigenvalue weighted by atomic mass is 9.91. The molecule has 4 rings (SSSR count). The van der Waals surface area contributed by atoms with E-state index in [1.54, 1.807) is 29.2 Å². The van der Waals surface area contributed by atoms with Crippen LogP contribution < -0.4 is 4.74 Å². The summed E-state index contributed by atoms with van der Waals surface area (Å²) in [5.74, 6) is -0.0903. The largest absolute Gasteiger partial charge is 0.473 e. The standard InChI is InChI=1S/C20H20F3N3O4/c21-20(22,23)16-5-6-17(25-24-16)30-15-7-9-26(10-8-15)18(27)13-1-3-14(4-2-13)19(28)11-29-12-19/h1-6,15,28H,7-12H2. The van der Waals surface area contributed by atoms with Gasteiger partial charge in [0.1, 0.15) is 11.7 Å². The van der Waals surface area contributed by atoms with E-state index in [1.165, 1.54) is 0 Å². The van der Waals surface area contributed by atoms with Crippen LogP contribution in [0.15, 0.2) is 36.4 Å². The van der Waals surface area contributed by atoms with E-state index in [9.17, 15) is 23.1 Å². The number of alkyl halides is 3. The second kappa shape index (κ2) is 7.84. The van der Waals surface area contributed by atoms with Crippen molar-refractivity contribution in [1.82, 2.24) is 15.1 Å². The lowest BCUT2D eigenvalue weighted by Crippen LogP contribution is -2.46. The topological polar surface area (TPSA) is 84.8 Å². The number of ether oxygens (including phenoxy) is 2. The Hall–Kier alpha value is -2.72. The van der Waals surface area contributed by atoms with Crippen LogP contribution in [0.1, 0.15) is 34.5 Å². The van der Waals surface area contributed by atoms with E-state index in [-0.39, 0.29) is 31.1 Å². The Morgan fingerprint density at radius 3 is 2.27 bits per heavy atom. The second-order valence-electron chi connectivity index (χ2n) is 7.47. The minimum atomic E-state index is -4.54. The highest BCUT2D eigenvalue weighted by atomic mass is 19.4. The van der Waals surface area contributed by atoms with E-state index < -0.39 is 17.5 Å². The fraction of sp³-hybridized carbons (Fsp3) is 0.450. The van der Waals surface area contributed by atoms with Crippen LogP contribution >= 0.6 is 0 Å². The monoisotopic (exact) mass is 423 g/mol. The van der Waals surface area contributed by atoms with Gasteiger partial charge in [-0.05, 0) is 23.8 Å². The quantitative estimate of drug-likeness (QED) is 0.813. The lowest BCUT2D eigenvalue weighted by Gasteiger charge is -2.36. The zero-order valence-corrected chi connectivity index (χ0v) is 15.9. The van der Waals surface area contributed by atoms with Crippen LogP contribution in [0.4, 0.5) is 13.2 Å². The summed E-state index contributed by atoms with van der Waals surface area (Å²) in [6.07, 6.45) is -3.73. The number of piperidine rings is 1. The molecule has 1 amide bonds. The number of likely N-dealkylation sites (tertiary alicyclic amines) is 1. The highest BCUT2D eigenvalue weighted by Gasteiger charge is 2.38. The van der Waals surface area contributed by atoms with E-state index >= 15 is 0 Å². The smallest absolute Gasteiger partial charge is 0.435 e. The van der Waals surface area contributed by atoms with E-state index in [0.717, 1.165) is 17.7 Å². The van der Waals surface area contributed by atoms with Gasteiger partial charge in [0.25, 0.3) is 5.91 Å². The summed E-state index contributed by atoms with van der Waals surface area (Å²) in [5, 5.41) is 16.9. The summed E-state index contributed by atoms with van der Waals surface area (Å²) in [5.41, 5.74) is -0.804. The molecule has 0 saturated carbocycles. The molecule has 30 heavy (non-hydrogen) atoms. The first kappa shape index (κ1) is 20.5. The normalized spacial score (nSPS) is 19.3. The van der Waals surface area contributed by atoms with E-state index in [2.05, 4.69) is 10.2 Å². The molecule has 0 radical (unpaired) electrons. The first-order valence-electron chi connectivity index (χ1n) is 9.52. The lowest BCUT2D eigenvalue weighted by molar-refractivity contribution is -0.184. The Kier molecular flexibility index (Phi) is 5.37. The van der Waals surface area contributed by atoms with Crippen LogP contribution in [0.2, 0.25) is 0 Å². The predicted octanol–water partition coefficient (Wildman–Crippen LogP) is 2.40. The average molecular weight is 423 g/mol. The molecule has 1 aromatic carbocycles. The van der Waals surface area contributed by atoms with E-state index in [0.29, 0.717) is 31.5 Å². The molecule has 0 aliphatic carbocycles. The van der Waals surface area contributed by atoms with Crippen LogP contribution in [-0.4, -0.2) is 58.5 Å². The zero-order chi connectivity index (χ0) is 21.4. The van der Waals surface area contributed by atoms with Gasteiger partial charge in [-0.15, -0.1) is 10.2 Å². The number of hydrogen-bond donors (Lipinski definition) is 1. The molecular weight excluding hydrogens is 403 g/mol. The van der Waals surface area contributed by atoms with Crippen LogP contribution in [-0.2, 0) is 16.5 Å². The van der Waals surface area contributed by atoms with Gasteiger partial charge in [0.15, 0.2) is 5.69 Å². The molecule has 1 aromatic heterocycles. The van der Waals surface area contributed by atoms with Crippen molar-refractivity contribution in [3.05, 3.63) is 53.2 Å². The SMILES string of the molecule is O=C(c1ccc(C2(O)COC2)cc1)N1CCC(Oc2ccc(C(F)(F)F)nn2)CC1. The zero-order valence-electron chi connectivity index (χ0n) is 15.9. The molecule has 2 aromatic rings. The average Bonchev–Trinajstić information content (AvgIpc) is 2.72. The van der Waals surface area contributed by atoms with Gasteiger partial charge in [0, 0.05) is 37.6 Å². The molecular formula is C20H20F3N3O4. The molecule has 0 bridgehead atoms. The summed E-state index contributed by atoms with van der Waals surface area (Å²) in [7, 11) is 0. The minimum Gasteiger partial charge on any atom is -0.473 e. The molecule has 7 nitrogen and oxygen atoms in total. The van der Waals surface area contributed by atoms with Gasteiger partial charge < -0.3 is 19.5 Å². The van der Waals surface area contributed by atoms with Gasteiger partial charge >= 0.3 is 6.18 Å². The maximum atomic E-state index is 12.7. The van der Waals surface area contributed by atoms with Crippen molar-refractivity contribution in [3.63, 3.8) is 0 Å². The van der Waals surface area contributed by atoms with Crippen LogP contribution in [0.5, 0.6) is 5.88 Å². The molecule has 0 atom stereocenters. The third-order valence-corrected chi connectivity index (χ3v) is 5.30. The van der Waals surface area contributed by atoms with Gasteiger partial charge in [-0.1, -0.05) is 12.1 Å². The van der Waals surface area contributed by atoms with Crippen molar-refractivity contribution in [1.29, 1.82) is 0 Å². The number of aliphatic hydroxyl groups is 1. The number of rotatable bonds is 4. The predicted molar refractivity (Wildman–Crippen MR) is 97.7 cm³/mol. The fourth-order valence-electron chi connectivity index (χ4n) is 3.45. The van der Waals surface area contributed by atoms with Crippen molar-refractivity contribution >= 4 is 5.91 Å². The molecule has 2 aliphatic heterocycles. The molecule has 2 aliphatic rings. The van der Waals surface area contributed by atoms with E-state index in [1.807, 2.05) is 0 Å². The van der Waals surface area contributed by atoms with Crippen molar-refractivity contribution < 1.29 is 32.5 Å². The number of carbonyl (C=O) groups excluding carboxylic acids is 1. The third kappa shape index (κ3) is 4.24. The molecule has 3 heterocycles. The van der Waals surface area contributed by atoms with E-state index in [4.69, 9.17) is 9.47 Å². The molecule has 0 unspecified atom stereocenters. The summed E-state index contributed by atoms with van der Waals surface area (Å²) in [6.45, 7) is 1.41. The Labute approximate surface area is 170 Å². The number of benzene rings is 1. The number of aromatic nitrogens is 2. The van der Waals surface area contributed by atoms with Crippen LogP contribution in [0, 0.1) is 0 Å². The number of halogens is 3. The number of nitrogens with zero attached hydrogens (tertiary/aromatic N) is 3. The second-order valence-corrected chi connectivity index (χ2v) is 7.47. The molecule has 2 fully saturated rings. The van der Waals surface area contributed by atoms with Crippen molar-refractivity contribution in [3.8, 4) is 5.88 Å². The number of hydrogen-bond acceptors (Lipinski definition) is 6. The van der Waals surface area contributed by atoms with Crippen LogP contribution in [0.25, 0.3) is 0 Å². The van der Waals surface area contributed by atoms with Gasteiger partial charge in [-0.25, -0.2) is 0 Å². The minimum absolute atomic E-state index is 0.0290. The van der Waals surface area contributed by atoms with Crippen LogP contribution in [0.3, 0.4) is 0 Å². The third-order valence-electron chi connectivity index (χ3n) is 5.30. The number of amides is 1. The van der Waals surface area contributed by atoms with Gasteiger partial charge in [-0.2, -0.15) is 13.2 Å². The molecule has 2 saturated heterocycles. The Morgan fingerprint density at radius 1 is 1.10 bits per heavy atom. The molecule has 1 N–H and O–H groups in total. The van der Waals surface area contributed by atoms with Gasteiger partial charge in [0.05, 0.1) is 13.2 Å². The number of carbonyl (C=O) groups is 1. The molecule has 10 heteroatoms. The van der Waals surface area contributed by atoms with Gasteiger partial charge in [-0.3, -0.25) is 4.79 Å². The molecule has 0 spiro atoms. The first-order valence-corrected chi connectivity index (χ1v) is 9.52. The molecule has 160 valence electrons. The summed E-state index contributed by atoms with van der Waals surface area (Å²) in [6, 6.07) is 8.82. The maximum absolute atomic E-state index is 12.7. The summed E-state index contributed by atoms with van der Waals surface area (Å²) in [4.78, 5) is 14.4. The maximum Gasteiger partial charge on any atom is 0.435 e. The Bertz CT molecular complexity index is 891. The summed E-state index contributed by atoms with van der Waals surface area (Å²) < 4.78 is 48.3. The highest BCUT2D eigenvalue weighted by Crippen LogP contribution is 2.30. The fourth-order valence-corrected chi connectivity index (χ4v) is 3.45. The van der Waals surface area contributed by atoms with Crippen molar-refractivity contribution in [2.24, 2.45) is 0 Å². The Balaban J connectivity index is 1.30. The van der Waals surface area contributed by atoms with Crippen molar-refractivity contribution in [2.45, 2.75) is 30.7 Å².